The average Bonchev–Trinajstić information content (AvgIpc) is 2.19. The lowest BCUT2D eigenvalue weighted by atomic mass is 10.2. The van der Waals surface area contributed by atoms with E-state index in [1.807, 2.05) is 6.07 Å². The Bertz CT molecular complexity index is 293. The van der Waals surface area contributed by atoms with Gasteiger partial charge in [-0.3, -0.25) is 0 Å². The summed E-state index contributed by atoms with van der Waals surface area (Å²) in [5, 5.41) is 8.58. The van der Waals surface area contributed by atoms with Crippen LogP contribution < -0.4 is 0 Å². The van der Waals surface area contributed by atoms with Crippen molar-refractivity contribution < 1.29 is 9.50 Å². The van der Waals surface area contributed by atoms with E-state index >= 15 is 0 Å². The van der Waals surface area contributed by atoms with Gasteiger partial charge in [0.05, 0.1) is 4.47 Å². The highest BCUT2D eigenvalue weighted by molar-refractivity contribution is 9.10. The molecular weight excluding hydrogens is 267 g/mol. The van der Waals surface area contributed by atoms with Gasteiger partial charge in [0.2, 0.25) is 0 Å². The number of halogens is 2. The largest absolute Gasteiger partial charge is 0.396 e. The second kappa shape index (κ2) is 6.43. The molecule has 0 fully saturated rings. The van der Waals surface area contributed by atoms with E-state index in [-0.39, 0.29) is 12.4 Å². The van der Waals surface area contributed by atoms with Crippen molar-refractivity contribution in [2.45, 2.75) is 12.2 Å². The van der Waals surface area contributed by atoms with Crippen molar-refractivity contribution in [3.63, 3.8) is 0 Å². The highest BCUT2D eigenvalue weighted by atomic mass is 79.9. The molecule has 0 amide bonds. The molecule has 1 rings (SSSR count). The molecule has 0 aliphatic heterocycles. The van der Waals surface area contributed by atoms with Crippen LogP contribution in [0.1, 0.15) is 12.0 Å². The zero-order valence-corrected chi connectivity index (χ0v) is 10.1. The average molecular weight is 279 g/mol. The number of hydrogen-bond donors (Lipinski definition) is 1. The van der Waals surface area contributed by atoms with Crippen LogP contribution in [0, 0.1) is 5.82 Å². The number of rotatable bonds is 5. The molecule has 78 valence electrons. The second-order valence-corrected chi connectivity index (χ2v) is 4.74. The summed E-state index contributed by atoms with van der Waals surface area (Å²) in [4.78, 5) is 0. The van der Waals surface area contributed by atoms with E-state index in [0.717, 1.165) is 23.5 Å². The Labute approximate surface area is 95.8 Å². The molecule has 4 heteroatoms. The Hall–Kier alpha value is -0.0600. The minimum absolute atomic E-state index is 0.217. The van der Waals surface area contributed by atoms with E-state index in [1.54, 1.807) is 17.8 Å². The van der Waals surface area contributed by atoms with Crippen LogP contribution in [0.4, 0.5) is 4.39 Å². The number of aliphatic hydroxyl groups excluding tert-OH is 1. The van der Waals surface area contributed by atoms with Crippen LogP contribution in [0.15, 0.2) is 22.7 Å². The third kappa shape index (κ3) is 3.59. The lowest BCUT2D eigenvalue weighted by Crippen LogP contribution is -1.90. The molecule has 0 aromatic heterocycles. The van der Waals surface area contributed by atoms with Crippen molar-refractivity contribution in [2.75, 3.05) is 12.4 Å². The van der Waals surface area contributed by atoms with Crippen LogP contribution in [0.2, 0.25) is 0 Å². The van der Waals surface area contributed by atoms with Crippen molar-refractivity contribution >= 4 is 27.7 Å². The summed E-state index contributed by atoms with van der Waals surface area (Å²) in [5.74, 6) is 1.46. The lowest BCUT2D eigenvalue weighted by Gasteiger charge is -2.04. The maximum absolute atomic E-state index is 13.1. The van der Waals surface area contributed by atoms with Gasteiger partial charge in [0.25, 0.3) is 0 Å². The summed E-state index contributed by atoms with van der Waals surface area (Å²) in [7, 11) is 0. The predicted octanol–water partition coefficient (Wildman–Crippen LogP) is 3.20. The molecule has 1 N–H and O–H groups in total. The molecule has 0 aliphatic rings. The van der Waals surface area contributed by atoms with E-state index in [9.17, 15) is 4.39 Å². The quantitative estimate of drug-likeness (QED) is 0.835. The fourth-order valence-corrected chi connectivity index (χ4v) is 2.54. The Morgan fingerprint density at radius 2 is 2.21 bits per heavy atom. The minimum atomic E-state index is -0.217. The van der Waals surface area contributed by atoms with Crippen molar-refractivity contribution in [1.29, 1.82) is 0 Å². The first kappa shape index (κ1) is 12.0. The molecule has 0 atom stereocenters. The maximum Gasteiger partial charge on any atom is 0.137 e. The van der Waals surface area contributed by atoms with E-state index < -0.39 is 0 Å². The summed E-state index contributed by atoms with van der Waals surface area (Å²) in [6.07, 6.45) is 0.789. The monoisotopic (exact) mass is 278 g/mol. The van der Waals surface area contributed by atoms with Gasteiger partial charge in [-0.1, -0.05) is 12.1 Å². The molecule has 0 unspecified atom stereocenters. The molecule has 1 nitrogen and oxygen atoms in total. The first-order valence-corrected chi connectivity index (χ1v) is 6.32. The molecule has 14 heavy (non-hydrogen) atoms. The molecule has 0 saturated carbocycles. The molecule has 0 spiro atoms. The summed E-state index contributed by atoms with van der Waals surface area (Å²) < 4.78 is 13.6. The van der Waals surface area contributed by atoms with Gasteiger partial charge in [-0.25, -0.2) is 4.39 Å². The van der Waals surface area contributed by atoms with E-state index in [4.69, 9.17) is 5.11 Å². The summed E-state index contributed by atoms with van der Waals surface area (Å²) in [6.45, 7) is 0.220. The lowest BCUT2D eigenvalue weighted by molar-refractivity contribution is 0.296. The smallest absolute Gasteiger partial charge is 0.137 e. The second-order valence-electron chi connectivity index (χ2n) is 2.84. The fourth-order valence-electron chi connectivity index (χ4n) is 1.01. The zero-order chi connectivity index (χ0) is 10.4. The summed E-state index contributed by atoms with van der Waals surface area (Å²) >= 11 is 4.91. The molecular formula is C10H12BrFOS. The molecule has 1 aromatic carbocycles. The molecule has 0 saturated heterocycles. The number of aliphatic hydroxyl groups is 1. The van der Waals surface area contributed by atoms with Crippen LogP contribution >= 0.6 is 27.7 Å². The highest BCUT2D eigenvalue weighted by Gasteiger charge is 2.04. The zero-order valence-electron chi connectivity index (χ0n) is 7.67. The van der Waals surface area contributed by atoms with Crippen molar-refractivity contribution in [1.82, 2.24) is 0 Å². The van der Waals surface area contributed by atoms with Gasteiger partial charge in [0, 0.05) is 12.4 Å². The number of thioether (sulfide) groups is 1. The molecule has 0 heterocycles. The van der Waals surface area contributed by atoms with Crippen LogP contribution in [0.5, 0.6) is 0 Å². The van der Waals surface area contributed by atoms with Gasteiger partial charge < -0.3 is 5.11 Å². The number of hydrogen-bond acceptors (Lipinski definition) is 2. The molecule has 0 aliphatic carbocycles. The van der Waals surface area contributed by atoms with E-state index in [0.29, 0.717) is 4.47 Å². The van der Waals surface area contributed by atoms with Crippen LogP contribution in [-0.4, -0.2) is 17.5 Å². The first-order valence-electron chi connectivity index (χ1n) is 4.37. The Kier molecular flexibility index (Phi) is 5.52. The van der Waals surface area contributed by atoms with Gasteiger partial charge in [-0.15, -0.1) is 0 Å². The normalized spacial score (nSPS) is 10.5. The van der Waals surface area contributed by atoms with Gasteiger partial charge in [-0.2, -0.15) is 11.8 Å². The van der Waals surface area contributed by atoms with Crippen molar-refractivity contribution in [3.8, 4) is 0 Å². The van der Waals surface area contributed by atoms with Gasteiger partial charge in [0.15, 0.2) is 0 Å². The molecule has 1 aromatic rings. The maximum atomic E-state index is 13.1. The van der Waals surface area contributed by atoms with E-state index in [2.05, 4.69) is 15.9 Å². The summed E-state index contributed by atoms with van der Waals surface area (Å²) in [5.41, 5.74) is 0.966. The first-order chi connectivity index (χ1) is 6.75. The summed E-state index contributed by atoms with van der Waals surface area (Å²) in [6, 6.07) is 5.05. The third-order valence-electron chi connectivity index (χ3n) is 1.74. The van der Waals surface area contributed by atoms with Crippen molar-refractivity contribution in [3.05, 3.63) is 34.1 Å². The Morgan fingerprint density at radius 1 is 1.43 bits per heavy atom. The van der Waals surface area contributed by atoms with Gasteiger partial charge in [-0.05, 0) is 39.7 Å². The predicted molar refractivity (Wildman–Crippen MR) is 62.0 cm³/mol. The molecule has 0 bridgehead atoms. The van der Waals surface area contributed by atoms with Gasteiger partial charge in [0.1, 0.15) is 5.82 Å². The SMILES string of the molecule is OCCCSCc1cccc(F)c1Br. The van der Waals surface area contributed by atoms with Crippen LogP contribution in [0.3, 0.4) is 0 Å². The van der Waals surface area contributed by atoms with Gasteiger partial charge >= 0.3 is 0 Å². The fraction of sp³-hybridized carbons (Fsp3) is 0.400. The Morgan fingerprint density at radius 3 is 2.93 bits per heavy atom. The van der Waals surface area contributed by atoms with Crippen LogP contribution in [-0.2, 0) is 5.75 Å². The van der Waals surface area contributed by atoms with Crippen molar-refractivity contribution in [2.24, 2.45) is 0 Å². The standard InChI is InChI=1S/C10H12BrFOS/c11-10-8(3-1-4-9(10)12)7-14-6-2-5-13/h1,3-4,13H,2,5-7H2. The topological polar surface area (TPSA) is 20.2 Å². The minimum Gasteiger partial charge on any atom is -0.396 e. The molecule has 0 radical (unpaired) electrons. The third-order valence-corrected chi connectivity index (χ3v) is 3.72. The van der Waals surface area contributed by atoms with E-state index in [1.165, 1.54) is 6.07 Å². The number of benzene rings is 1. The Balaban J connectivity index is 2.46. The highest BCUT2D eigenvalue weighted by Crippen LogP contribution is 2.24. The van der Waals surface area contributed by atoms with Crippen LogP contribution in [0.25, 0.3) is 0 Å².